The molecule has 0 aliphatic heterocycles. The summed E-state index contributed by atoms with van der Waals surface area (Å²) in [5.41, 5.74) is 1.06. The summed E-state index contributed by atoms with van der Waals surface area (Å²) in [7, 11) is 0. The Labute approximate surface area is 127 Å². The van der Waals surface area contributed by atoms with E-state index in [0.717, 1.165) is 5.39 Å². The number of hydrogen-bond acceptors (Lipinski definition) is 4. The molecule has 3 rings (SSSR count). The molecule has 3 aromatic rings. The van der Waals surface area contributed by atoms with E-state index < -0.39 is 0 Å². The van der Waals surface area contributed by atoms with E-state index in [4.69, 9.17) is 4.52 Å². The highest BCUT2D eigenvalue weighted by atomic mass is 79.9. The first-order valence-corrected chi connectivity index (χ1v) is 6.94. The number of carbonyl (C=O) groups is 1. The number of aromatic amines is 1. The van der Waals surface area contributed by atoms with Gasteiger partial charge in [0.15, 0.2) is 5.58 Å². The third-order valence-corrected chi connectivity index (χ3v) is 3.54. The summed E-state index contributed by atoms with van der Waals surface area (Å²) in [6, 6.07) is 7.29. The van der Waals surface area contributed by atoms with Crippen LogP contribution in [0.25, 0.3) is 11.0 Å². The summed E-state index contributed by atoms with van der Waals surface area (Å²) in [5.74, 6) is -0.336. The van der Waals surface area contributed by atoms with Crippen LogP contribution in [0.5, 0.6) is 0 Å². The van der Waals surface area contributed by atoms with Crippen LogP contribution in [0.1, 0.15) is 5.69 Å². The molecular formula is C14H10BrN3O3. The van der Waals surface area contributed by atoms with Gasteiger partial charge in [-0.15, -0.1) is 0 Å². The average molecular weight is 348 g/mol. The molecule has 0 fully saturated rings. The molecule has 21 heavy (non-hydrogen) atoms. The fourth-order valence-electron chi connectivity index (χ4n) is 1.96. The number of fused-ring (bicyclic) bond motifs is 1. The van der Waals surface area contributed by atoms with Gasteiger partial charge < -0.3 is 14.8 Å². The lowest BCUT2D eigenvalue weighted by Crippen LogP contribution is -2.20. The van der Waals surface area contributed by atoms with Crippen molar-refractivity contribution in [3.05, 3.63) is 57.0 Å². The lowest BCUT2D eigenvalue weighted by atomic mass is 10.1. The van der Waals surface area contributed by atoms with Crippen molar-refractivity contribution in [2.45, 2.75) is 6.42 Å². The highest BCUT2D eigenvalue weighted by Crippen LogP contribution is 2.18. The standard InChI is InChI=1S/C14H10BrN3O3/c15-9-6-16-7-11(14(9)20)17-13(19)5-10-8-3-1-2-4-12(8)21-18-10/h1-4,6-7H,5H2,(H,16,20)(H,17,19). The Morgan fingerprint density at radius 3 is 3.00 bits per heavy atom. The molecule has 106 valence electrons. The van der Waals surface area contributed by atoms with E-state index in [1.54, 1.807) is 6.07 Å². The molecule has 0 saturated heterocycles. The maximum absolute atomic E-state index is 12.0. The van der Waals surface area contributed by atoms with Crippen LogP contribution >= 0.6 is 15.9 Å². The molecule has 0 aliphatic rings. The van der Waals surface area contributed by atoms with Crippen LogP contribution in [-0.2, 0) is 11.2 Å². The Hall–Kier alpha value is -2.41. The van der Waals surface area contributed by atoms with Gasteiger partial charge in [-0.05, 0) is 28.1 Å². The maximum atomic E-state index is 12.0. The zero-order chi connectivity index (χ0) is 14.8. The van der Waals surface area contributed by atoms with Crippen LogP contribution in [0.4, 0.5) is 5.69 Å². The molecule has 0 spiro atoms. The molecule has 2 aromatic heterocycles. The maximum Gasteiger partial charge on any atom is 0.230 e. The van der Waals surface area contributed by atoms with E-state index in [2.05, 4.69) is 31.4 Å². The molecule has 0 unspecified atom stereocenters. The third kappa shape index (κ3) is 2.73. The van der Waals surface area contributed by atoms with Crippen LogP contribution in [0.2, 0.25) is 0 Å². The lowest BCUT2D eigenvalue weighted by Gasteiger charge is -2.03. The summed E-state index contributed by atoms with van der Waals surface area (Å²) in [6.07, 6.45) is 2.97. The number of aromatic nitrogens is 2. The number of anilines is 1. The summed E-state index contributed by atoms with van der Waals surface area (Å²) in [6.45, 7) is 0. The monoisotopic (exact) mass is 347 g/mol. The highest BCUT2D eigenvalue weighted by Gasteiger charge is 2.13. The second kappa shape index (κ2) is 5.53. The van der Waals surface area contributed by atoms with Gasteiger partial charge in [0.05, 0.1) is 10.9 Å². The SMILES string of the molecule is O=C(Cc1noc2ccccc12)Nc1c[nH]cc(Br)c1=O. The average Bonchev–Trinajstić information content (AvgIpc) is 2.87. The van der Waals surface area contributed by atoms with Gasteiger partial charge in [-0.25, -0.2) is 0 Å². The number of amides is 1. The van der Waals surface area contributed by atoms with Crippen molar-refractivity contribution in [3.8, 4) is 0 Å². The van der Waals surface area contributed by atoms with Crippen molar-refractivity contribution in [3.63, 3.8) is 0 Å². The van der Waals surface area contributed by atoms with Crippen LogP contribution in [0, 0.1) is 0 Å². The van der Waals surface area contributed by atoms with E-state index in [1.807, 2.05) is 18.2 Å². The smallest absolute Gasteiger partial charge is 0.230 e. The molecule has 0 radical (unpaired) electrons. The molecule has 1 aromatic carbocycles. The van der Waals surface area contributed by atoms with E-state index in [9.17, 15) is 9.59 Å². The third-order valence-electron chi connectivity index (χ3n) is 2.95. The number of para-hydroxylation sites is 1. The van der Waals surface area contributed by atoms with Gasteiger partial charge >= 0.3 is 0 Å². The van der Waals surface area contributed by atoms with Crippen molar-refractivity contribution >= 4 is 38.5 Å². The van der Waals surface area contributed by atoms with Crippen LogP contribution in [0.3, 0.4) is 0 Å². The number of carbonyl (C=O) groups excluding carboxylic acids is 1. The molecule has 1 amide bonds. The molecular weight excluding hydrogens is 338 g/mol. The molecule has 2 heterocycles. The van der Waals surface area contributed by atoms with Gasteiger partial charge in [0, 0.05) is 17.8 Å². The Kier molecular flexibility index (Phi) is 3.57. The molecule has 6 nitrogen and oxygen atoms in total. The van der Waals surface area contributed by atoms with Crippen molar-refractivity contribution < 1.29 is 9.32 Å². The van der Waals surface area contributed by atoms with Crippen LogP contribution < -0.4 is 10.7 Å². The predicted octanol–water partition coefficient (Wildman–Crippen LogP) is 2.46. The zero-order valence-electron chi connectivity index (χ0n) is 10.7. The van der Waals surface area contributed by atoms with Gasteiger partial charge in [-0.3, -0.25) is 9.59 Å². The normalized spacial score (nSPS) is 10.7. The van der Waals surface area contributed by atoms with E-state index in [1.165, 1.54) is 12.4 Å². The molecule has 0 saturated carbocycles. The molecule has 0 bridgehead atoms. The van der Waals surface area contributed by atoms with Crippen molar-refractivity contribution in [2.24, 2.45) is 0 Å². The summed E-state index contributed by atoms with van der Waals surface area (Å²) in [5, 5.41) is 7.23. The summed E-state index contributed by atoms with van der Waals surface area (Å²) < 4.78 is 5.49. The van der Waals surface area contributed by atoms with Gasteiger partial charge in [0.1, 0.15) is 11.4 Å². The minimum absolute atomic E-state index is 0.0307. The largest absolute Gasteiger partial charge is 0.365 e. The van der Waals surface area contributed by atoms with E-state index >= 15 is 0 Å². The molecule has 2 N–H and O–H groups in total. The predicted molar refractivity (Wildman–Crippen MR) is 81.1 cm³/mol. The number of halogens is 1. The minimum atomic E-state index is -0.336. The number of nitrogens with one attached hydrogen (secondary N) is 2. The summed E-state index contributed by atoms with van der Waals surface area (Å²) >= 11 is 3.11. The quantitative estimate of drug-likeness (QED) is 0.761. The lowest BCUT2D eigenvalue weighted by molar-refractivity contribution is -0.115. The summed E-state index contributed by atoms with van der Waals surface area (Å²) in [4.78, 5) is 26.6. The second-order valence-electron chi connectivity index (χ2n) is 4.40. The second-order valence-corrected chi connectivity index (χ2v) is 5.25. The Bertz CT molecular complexity index is 869. The Morgan fingerprint density at radius 1 is 1.33 bits per heavy atom. The van der Waals surface area contributed by atoms with Crippen LogP contribution in [-0.4, -0.2) is 16.0 Å². The molecule has 0 atom stereocenters. The van der Waals surface area contributed by atoms with E-state index in [0.29, 0.717) is 15.7 Å². The van der Waals surface area contributed by atoms with Gasteiger partial charge in [-0.1, -0.05) is 17.3 Å². The number of pyridine rings is 1. The van der Waals surface area contributed by atoms with Gasteiger partial charge in [0.25, 0.3) is 0 Å². The number of nitrogens with zero attached hydrogens (tertiary/aromatic N) is 1. The first-order valence-electron chi connectivity index (χ1n) is 6.15. The first-order chi connectivity index (χ1) is 10.1. The number of H-pyrrole nitrogens is 1. The van der Waals surface area contributed by atoms with Crippen LogP contribution in [0.15, 0.2) is 50.4 Å². The molecule has 0 aliphatic carbocycles. The number of hydrogen-bond donors (Lipinski definition) is 2. The van der Waals surface area contributed by atoms with Crippen molar-refractivity contribution in [1.82, 2.24) is 10.1 Å². The van der Waals surface area contributed by atoms with Gasteiger partial charge in [-0.2, -0.15) is 0 Å². The topological polar surface area (TPSA) is 88.0 Å². The van der Waals surface area contributed by atoms with Crippen molar-refractivity contribution in [1.29, 1.82) is 0 Å². The van der Waals surface area contributed by atoms with E-state index in [-0.39, 0.29) is 23.4 Å². The molecule has 7 heteroatoms. The first kappa shape index (κ1) is 13.6. The fraction of sp³-hybridized carbons (Fsp3) is 0.0714. The highest BCUT2D eigenvalue weighted by molar-refractivity contribution is 9.10. The Balaban J connectivity index is 1.81. The number of benzene rings is 1. The Morgan fingerprint density at radius 2 is 2.14 bits per heavy atom. The van der Waals surface area contributed by atoms with Crippen molar-refractivity contribution in [2.75, 3.05) is 5.32 Å². The zero-order valence-corrected chi connectivity index (χ0v) is 12.3. The fourth-order valence-corrected chi connectivity index (χ4v) is 2.31. The number of rotatable bonds is 3. The van der Waals surface area contributed by atoms with Gasteiger partial charge in [0.2, 0.25) is 11.3 Å². The minimum Gasteiger partial charge on any atom is -0.365 e.